The van der Waals surface area contributed by atoms with Crippen molar-refractivity contribution < 1.29 is 49.5 Å². The molecule has 2 fully saturated rings. The molecule has 0 amide bonds. The minimum absolute atomic E-state index is 0. The Labute approximate surface area is 253 Å². The molecule has 0 heterocycles. The SMILES string of the molecule is CC1=CC=CC2[CH]([Zr+2])C3(C)C4(C)C(C5=CC=CC5)=CC=CC4(C)C4(C)C=CC=CC4(C)C3(C)C12C.[Cl-].[Cl-]. The Bertz CT molecular complexity index is 1280. The summed E-state index contributed by atoms with van der Waals surface area (Å²) < 4.78 is 0.625. The Balaban J connectivity index is 0.00000160. The van der Waals surface area contributed by atoms with Crippen LogP contribution in [0.15, 0.2) is 95.7 Å². The normalized spacial score (nSPS) is 52.1. The molecule has 0 aliphatic heterocycles. The summed E-state index contributed by atoms with van der Waals surface area (Å²) in [5.41, 5.74) is 4.81. The predicted octanol–water partition coefficient (Wildman–Crippen LogP) is 3.04. The molecule has 0 spiro atoms. The zero-order valence-corrected chi connectivity index (χ0v) is 27.6. The number of halogens is 2. The van der Waals surface area contributed by atoms with Gasteiger partial charge in [0.05, 0.1) is 0 Å². The monoisotopic (exact) mass is 609 g/mol. The molecule has 0 aromatic heterocycles. The zero-order valence-electron chi connectivity index (χ0n) is 23.6. The van der Waals surface area contributed by atoms with Crippen LogP contribution in [0.3, 0.4) is 0 Å². The maximum absolute atomic E-state index is 2.72. The third kappa shape index (κ3) is 2.59. The van der Waals surface area contributed by atoms with Gasteiger partial charge in [-0.05, 0) is 0 Å². The summed E-state index contributed by atoms with van der Waals surface area (Å²) in [6.45, 7) is 21.0. The topological polar surface area (TPSA) is 0 Å². The first-order valence-electron chi connectivity index (χ1n) is 13.5. The van der Waals surface area contributed by atoms with Crippen LogP contribution >= 0.6 is 0 Å². The molecular weight excluding hydrogens is 571 g/mol. The molecule has 6 aliphatic rings. The van der Waals surface area contributed by atoms with Gasteiger partial charge in [0, 0.05) is 0 Å². The van der Waals surface area contributed by atoms with Crippen molar-refractivity contribution in [2.24, 2.45) is 43.8 Å². The molecule has 9 atom stereocenters. The molecule has 195 valence electrons. The summed E-state index contributed by atoms with van der Waals surface area (Å²) in [5.74, 6) is 0.558. The molecule has 0 nitrogen and oxygen atoms in total. The van der Waals surface area contributed by atoms with Crippen LogP contribution in [0, 0.1) is 43.8 Å². The van der Waals surface area contributed by atoms with Gasteiger partial charge in [-0.3, -0.25) is 0 Å². The van der Waals surface area contributed by atoms with Crippen LogP contribution in [-0.2, 0) is 24.7 Å². The summed E-state index contributed by atoms with van der Waals surface area (Å²) in [7, 11) is 0. The van der Waals surface area contributed by atoms with Gasteiger partial charge in [-0.25, -0.2) is 0 Å². The van der Waals surface area contributed by atoms with Gasteiger partial charge in [-0.2, -0.15) is 0 Å². The number of hydrogen-bond donors (Lipinski definition) is 0. The third-order valence-corrected chi connectivity index (χ3v) is 16.1. The average Bonchev–Trinajstić information content (AvgIpc) is 3.40. The molecule has 0 N–H and O–H groups in total. The van der Waals surface area contributed by atoms with Crippen LogP contribution < -0.4 is 24.8 Å². The van der Waals surface area contributed by atoms with Gasteiger partial charge in [0.2, 0.25) is 0 Å². The van der Waals surface area contributed by atoms with E-state index in [1.165, 1.54) is 5.57 Å². The van der Waals surface area contributed by atoms with Crippen LogP contribution in [0.5, 0.6) is 0 Å². The fourth-order valence-electron chi connectivity index (χ4n) is 11.0. The van der Waals surface area contributed by atoms with E-state index in [-0.39, 0.29) is 62.7 Å². The van der Waals surface area contributed by atoms with Crippen molar-refractivity contribution >= 4 is 0 Å². The van der Waals surface area contributed by atoms with E-state index in [9.17, 15) is 0 Å². The largest absolute Gasteiger partial charge is 1.00 e. The minimum atomic E-state index is -0.0322. The van der Waals surface area contributed by atoms with Crippen LogP contribution in [-0.4, -0.2) is 0 Å². The van der Waals surface area contributed by atoms with Gasteiger partial charge in [0.1, 0.15) is 0 Å². The van der Waals surface area contributed by atoms with E-state index in [4.69, 9.17) is 0 Å². The van der Waals surface area contributed by atoms with E-state index in [1.54, 1.807) is 35.9 Å². The van der Waals surface area contributed by atoms with Crippen LogP contribution in [0.1, 0.15) is 61.8 Å². The van der Waals surface area contributed by atoms with Crippen molar-refractivity contribution in [1.82, 2.24) is 0 Å². The maximum atomic E-state index is 2.72. The molecule has 0 bridgehead atoms. The van der Waals surface area contributed by atoms with Crippen molar-refractivity contribution in [3.63, 3.8) is 0 Å². The first-order valence-corrected chi connectivity index (χ1v) is 14.9. The third-order valence-electron chi connectivity index (χ3n) is 13.8. The molecule has 9 unspecified atom stereocenters. The summed E-state index contributed by atoms with van der Waals surface area (Å²) >= 11 is 1.68. The molecule has 37 heavy (non-hydrogen) atoms. The van der Waals surface area contributed by atoms with Crippen molar-refractivity contribution in [2.45, 2.75) is 65.4 Å². The molecule has 2 saturated carbocycles. The Hall–Kier alpha value is -0.617. The van der Waals surface area contributed by atoms with Crippen LogP contribution in [0.4, 0.5) is 0 Å². The number of hydrogen-bond acceptors (Lipinski definition) is 0. The number of allylic oxidation sites excluding steroid dienone is 16. The second-order valence-electron chi connectivity index (χ2n) is 13.5. The van der Waals surface area contributed by atoms with Gasteiger partial charge in [-0.1, -0.05) is 0 Å². The fourth-order valence-corrected chi connectivity index (χ4v) is 13.5. The minimum Gasteiger partial charge on any atom is -1.00 e. The molecule has 6 aliphatic carbocycles. The molecule has 0 aromatic rings. The molecule has 0 aromatic carbocycles. The van der Waals surface area contributed by atoms with Gasteiger partial charge < -0.3 is 24.8 Å². The summed E-state index contributed by atoms with van der Waals surface area (Å²) in [5, 5.41) is 0. The van der Waals surface area contributed by atoms with Gasteiger partial charge in [0.15, 0.2) is 0 Å². The average molecular weight is 612 g/mol. The first kappa shape index (κ1) is 29.4. The molecular formula is C34H41Cl2Zr. The quantitative estimate of drug-likeness (QED) is 0.428. The van der Waals surface area contributed by atoms with Gasteiger partial charge in [-0.15, -0.1) is 0 Å². The van der Waals surface area contributed by atoms with Crippen molar-refractivity contribution in [3.05, 3.63) is 95.7 Å². The Morgan fingerprint density at radius 3 is 1.97 bits per heavy atom. The van der Waals surface area contributed by atoms with Crippen molar-refractivity contribution in [3.8, 4) is 0 Å². The Morgan fingerprint density at radius 1 is 0.730 bits per heavy atom. The van der Waals surface area contributed by atoms with E-state index < -0.39 is 0 Å². The van der Waals surface area contributed by atoms with E-state index >= 15 is 0 Å². The number of fused-ring (bicyclic) bond motifs is 8. The summed E-state index contributed by atoms with van der Waals surface area (Å²) in [6.07, 6.45) is 32.9. The van der Waals surface area contributed by atoms with Crippen molar-refractivity contribution in [2.75, 3.05) is 0 Å². The van der Waals surface area contributed by atoms with Gasteiger partial charge in [0.25, 0.3) is 0 Å². The standard InChI is InChI=1S/C34H41.2ClH.Zr/c1-24-15-13-18-26-23-31(5)33(7)27(25-16-9-10-17-25)19-14-22-29(33,3)28(2)20-11-12-21-30(28,4)34(31,8)32(24,26)6;;;/h9-16,18-23,26H,17H2,1-8H3;2*1H;/q;;;+2/p-2. The smallest absolute Gasteiger partial charge is 1.00 e. The summed E-state index contributed by atoms with van der Waals surface area (Å²) in [6, 6.07) is 0. The first-order chi connectivity index (χ1) is 16.3. The molecule has 3 heteroatoms. The van der Waals surface area contributed by atoms with E-state index in [1.807, 2.05) is 0 Å². The molecule has 6 rings (SSSR count). The second-order valence-corrected chi connectivity index (χ2v) is 15.0. The van der Waals surface area contributed by atoms with E-state index in [0.29, 0.717) is 9.54 Å². The second kappa shape index (κ2) is 8.44. The van der Waals surface area contributed by atoms with Gasteiger partial charge >= 0.3 is 230 Å². The Kier molecular flexibility index (Phi) is 6.70. The van der Waals surface area contributed by atoms with E-state index in [0.717, 1.165) is 6.42 Å². The maximum Gasteiger partial charge on any atom is -1.00 e. The van der Waals surface area contributed by atoms with E-state index in [2.05, 4.69) is 134 Å². The molecule has 0 radical (unpaired) electrons. The Morgan fingerprint density at radius 2 is 1.35 bits per heavy atom. The van der Waals surface area contributed by atoms with Crippen molar-refractivity contribution in [1.29, 1.82) is 0 Å². The number of rotatable bonds is 1. The predicted molar refractivity (Wildman–Crippen MR) is 144 cm³/mol. The van der Waals surface area contributed by atoms with Crippen LogP contribution in [0.2, 0.25) is 3.63 Å². The van der Waals surface area contributed by atoms with Crippen LogP contribution in [0.25, 0.3) is 0 Å². The summed E-state index contributed by atoms with van der Waals surface area (Å²) in [4.78, 5) is 0. The zero-order chi connectivity index (χ0) is 25.3. The molecule has 0 saturated heterocycles. The fraction of sp³-hybridized carbons (Fsp3) is 0.529.